The Labute approximate surface area is 98.8 Å². The summed E-state index contributed by atoms with van der Waals surface area (Å²) in [6, 6.07) is 4.54. The van der Waals surface area contributed by atoms with Crippen molar-refractivity contribution in [2.75, 3.05) is 5.32 Å². The summed E-state index contributed by atoms with van der Waals surface area (Å²) in [4.78, 5) is 4.27. The van der Waals surface area contributed by atoms with Gasteiger partial charge in [-0.15, -0.1) is 0 Å². The van der Waals surface area contributed by atoms with Gasteiger partial charge in [0.15, 0.2) is 0 Å². The average molecular weight is 218 g/mol. The minimum atomic E-state index is 0.485. The highest BCUT2D eigenvalue weighted by Crippen LogP contribution is 2.13. The molecule has 2 nitrogen and oxygen atoms in total. The molecule has 0 aliphatic heterocycles. The van der Waals surface area contributed by atoms with Crippen LogP contribution in [0.25, 0.3) is 0 Å². The predicted octanol–water partition coefficient (Wildman–Crippen LogP) is 3.94. The second-order valence-electron chi connectivity index (χ2n) is 4.54. The van der Waals surface area contributed by atoms with Crippen molar-refractivity contribution in [3.8, 4) is 0 Å². The summed E-state index contributed by atoms with van der Waals surface area (Å²) in [6.07, 6.45) is 6.40. The zero-order chi connectivity index (χ0) is 12.0. The van der Waals surface area contributed by atoms with Crippen molar-refractivity contribution in [3.05, 3.63) is 35.7 Å². The first-order valence-electron chi connectivity index (χ1n) is 5.91. The summed E-state index contributed by atoms with van der Waals surface area (Å²) in [5, 5.41) is 3.49. The second kappa shape index (κ2) is 6.31. The molecule has 0 spiro atoms. The normalized spacial score (nSPS) is 12.0. The predicted molar refractivity (Wildman–Crippen MR) is 70.7 cm³/mol. The molecule has 0 radical (unpaired) electrons. The fourth-order valence-corrected chi connectivity index (χ4v) is 1.60. The van der Waals surface area contributed by atoms with Gasteiger partial charge in [-0.2, -0.15) is 0 Å². The van der Waals surface area contributed by atoms with Crippen LogP contribution in [0.5, 0.6) is 0 Å². The van der Waals surface area contributed by atoms with Gasteiger partial charge in [-0.05, 0) is 52.7 Å². The van der Waals surface area contributed by atoms with Crippen LogP contribution in [0.15, 0.2) is 30.0 Å². The van der Waals surface area contributed by atoms with Gasteiger partial charge in [0, 0.05) is 12.2 Å². The zero-order valence-corrected chi connectivity index (χ0v) is 10.7. The lowest BCUT2D eigenvalue weighted by molar-refractivity contribution is 0.715. The van der Waals surface area contributed by atoms with Gasteiger partial charge in [-0.3, -0.25) is 4.98 Å². The quantitative estimate of drug-likeness (QED) is 0.757. The number of hydrogen-bond donors (Lipinski definition) is 1. The minimum Gasteiger partial charge on any atom is -0.381 e. The Hall–Kier alpha value is -1.31. The van der Waals surface area contributed by atoms with Crippen LogP contribution in [0.4, 0.5) is 5.69 Å². The highest BCUT2D eigenvalue weighted by molar-refractivity contribution is 5.47. The summed E-state index contributed by atoms with van der Waals surface area (Å²) in [6.45, 7) is 8.53. The molecule has 0 saturated heterocycles. The summed E-state index contributed by atoms with van der Waals surface area (Å²) in [5.41, 5.74) is 3.61. The highest BCUT2D eigenvalue weighted by Gasteiger charge is 2.03. The molecule has 1 aromatic heterocycles. The van der Waals surface area contributed by atoms with Crippen molar-refractivity contribution in [1.29, 1.82) is 0 Å². The Kier molecular flexibility index (Phi) is 5.03. The van der Waals surface area contributed by atoms with Crippen LogP contribution in [0.3, 0.4) is 0 Å². The fraction of sp³-hybridized carbons (Fsp3) is 0.500. The van der Waals surface area contributed by atoms with E-state index >= 15 is 0 Å². The Morgan fingerprint density at radius 1 is 1.50 bits per heavy atom. The van der Waals surface area contributed by atoms with E-state index in [2.05, 4.69) is 43.2 Å². The fourth-order valence-electron chi connectivity index (χ4n) is 1.60. The van der Waals surface area contributed by atoms with Gasteiger partial charge in [-0.25, -0.2) is 0 Å². The first-order chi connectivity index (χ1) is 7.59. The maximum Gasteiger partial charge on any atom is 0.0603 e. The monoisotopic (exact) mass is 218 g/mol. The molecular weight excluding hydrogens is 196 g/mol. The van der Waals surface area contributed by atoms with E-state index < -0.39 is 0 Å². The van der Waals surface area contributed by atoms with E-state index in [0.717, 1.165) is 24.2 Å². The molecular formula is C14H22N2. The number of anilines is 1. The third kappa shape index (κ3) is 4.47. The van der Waals surface area contributed by atoms with E-state index in [4.69, 9.17) is 0 Å². The largest absolute Gasteiger partial charge is 0.381 e. The molecule has 0 aliphatic carbocycles. The molecule has 1 N–H and O–H groups in total. The molecule has 0 saturated carbocycles. The van der Waals surface area contributed by atoms with Gasteiger partial charge < -0.3 is 5.32 Å². The van der Waals surface area contributed by atoms with Crippen LogP contribution in [0, 0.1) is 6.92 Å². The molecule has 2 heteroatoms. The molecule has 1 rings (SSSR count). The molecule has 0 aliphatic rings. The molecule has 1 heterocycles. The number of pyridine rings is 1. The topological polar surface area (TPSA) is 24.9 Å². The standard InChI is InChI=1S/C14H22N2/c1-11(2)7-5-8-12(3)16-14-9-6-10-15-13(14)4/h6-7,9-10,12,16H,5,8H2,1-4H3. The molecule has 16 heavy (non-hydrogen) atoms. The Morgan fingerprint density at radius 3 is 2.88 bits per heavy atom. The Morgan fingerprint density at radius 2 is 2.25 bits per heavy atom. The number of aromatic nitrogens is 1. The number of allylic oxidation sites excluding steroid dienone is 2. The molecule has 1 unspecified atom stereocenters. The smallest absolute Gasteiger partial charge is 0.0603 e. The van der Waals surface area contributed by atoms with Crippen LogP contribution in [-0.4, -0.2) is 11.0 Å². The summed E-state index contributed by atoms with van der Waals surface area (Å²) in [7, 11) is 0. The van der Waals surface area contributed by atoms with Crippen molar-refractivity contribution in [2.24, 2.45) is 0 Å². The minimum absolute atomic E-state index is 0.485. The molecule has 88 valence electrons. The first kappa shape index (κ1) is 12.8. The molecule has 0 amide bonds. The van der Waals surface area contributed by atoms with Crippen LogP contribution in [0.1, 0.15) is 39.3 Å². The maximum atomic E-state index is 4.27. The maximum absolute atomic E-state index is 4.27. The van der Waals surface area contributed by atoms with Crippen LogP contribution >= 0.6 is 0 Å². The van der Waals surface area contributed by atoms with E-state index in [-0.39, 0.29) is 0 Å². The zero-order valence-electron chi connectivity index (χ0n) is 10.7. The summed E-state index contributed by atoms with van der Waals surface area (Å²) < 4.78 is 0. The Balaban J connectivity index is 2.43. The van der Waals surface area contributed by atoms with Gasteiger partial charge >= 0.3 is 0 Å². The van der Waals surface area contributed by atoms with Gasteiger partial charge in [0.05, 0.1) is 11.4 Å². The lowest BCUT2D eigenvalue weighted by Gasteiger charge is -2.15. The number of aryl methyl sites for hydroxylation is 1. The lowest BCUT2D eigenvalue weighted by atomic mass is 10.1. The molecule has 1 aromatic rings. The Bertz CT molecular complexity index is 352. The number of nitrogens with zero attached hydrogens (tertiary/aromatic N) is 1. The highest BCUT2D eigenvalue weighted by atomic mass is 14.9. The average Bonchev–Trinajstić information content (AvgIpc) is 2.21. The lowest BCUT2D eigenvalue weighted by Crippen LogP contribution is -2.15. The van der Waals surface area contributed by atoms with E-state index in [9.17, 15) is 0 Å². The number of hydrogen-bond acceptors (Lipinski definition) is 2. The van der Waals surface area contributed by atoms with Gasteiger partial charge in [0.1, 0.15) is 0 Å². The molecule has 0 fully saturated rings. The van der Waals surface area contributed by atoms with Crippen molar-refractivity contribution in [3.63, 3.8) is 0 Å². The van der Waals surface area contributed by atoms with E-state index in [1.165, 1.54) is 5.57 Å². The van der Waals surface area contributed by atoms with Gasteiger partial charge in [-0.1, -0.05) is 11.6 Å². The van der Waals surface area contributed by atoms with Gasteiger partial charge in [0.25, 0.3) is 0 Å². The van der Waals surface area contributed by atoms with E-state index in [0.29, 0.717) is 6.04 Å². The molecule has 0 aromatic carbocycles. The van der Waals surface area contributed by atoms with Crippen molar-refractivity contribution >= 4 is 5.69 Å². The van der Waals surface area contributed by atoms with E-state index in [1.807, 2.05) is 19.2 Å². The third-order valence-electron chi connectivity index (χ3n) is 2.56. The van der Waals surface area contributed by atoms with Crippen LogP contribution in [0.2, 0.25) is 0 Å². The van der Waals surface area contributed by atoms with Crippen molar-refractivity contribution in [1.82, 2.24) is 4.98 Å². The van der Waals surface area contributed by atoms with Gasteiger partial charge in [0.2, 0.25) is 0 Å². The summed E-state index contributed by atoms with van der Waals surface area (Å²) in [5.74, 6) is 0. The van der Waals surface area contributed by atoms with Crippen LogP contribution in [-0.2, 0) is 0 Å². The van der Waals surface area contributed by atoms with Crippen LogP contribution < -0.4 is 5.32 Å². The first-order valence-corrected chi connectivity index (χ1v) is 5.91. The van der Waals surface area contributed by atoms with Crippen molar-refractivity contribution in [2.45, 2.75) is 46.6 Å². The summed E-state index contributed by atoms with van der Waals surface area (Å²) >= 11 is 0. The third-order valence-corrected chi connectivity index (χ3v) is 2.56. The van der Waals surface area contributed by atoms with Crippen molar-refractivity contribution < 1.29 is 0 Å². The number of rotatable bonds is 5. The number of nitrogens with one attached hydrogen (secondary N) is 1. The second-order valence-corrected chi connectivity index (χ2v) is 4.54. The van der Waals surface area contributed by atoms with E-state index in [1.54, 1.807) is 0 Å². The SMILES string of the molecule is CC(C)=CCCC(C)Nc1cccnc1C. The molecule has 1 atom stereocenters. The molecule has 0 bridgehead atoms.